The molecule has 0 atom stereocenters. The van der Waals surface area contributed by atoms with Crippen molar-refractivity contribution in [2.45, 2.75) is 13.0 Å². The number of nitrogens with one attached hydrogen (secondary N) is 2. The highest BCUT2D eigenvalue weighted by atomic mass is 35.5. The molecule has 0 unspecified atom stereocenters. The van der Waals surface area contributed by atoms with Gasteiger partial charge in [0.25, 0.3) is 0 Å². The molecule has 0 fully saturated rings. The summed E-state index contributed by atoms with van der Waals surface area (Å²) in [6, 6.07) is 11.4. The Bertz CT molecular complexity index is 843. The van der Waals surface area contributed by atoms with E-state index in [1.54, 1.807) is 7.05 Å². The van der Waals surface area contributed by atoms with Crippen molar-refractivity contribution in [3.63, 3.8) is 0 Å². The molecule has 2 N–H and O–H groups in total. The molecule has 8 heteroatoms. The van der Waals surface area contributed by atoms with Gasteiger partial charge in [0, 0.05) is 56.1 Å². The van der Waals surface area contributed by atoms with Crippen molar-refractivity contribution < 1.29 is 4.52 Å². The number of rotatable bonds is 7. The normalized spacial score (nSPS) is 11.5. The molecule has 0 amide bonds. The molecule has 0 aliphatic carbocycles. The summed E-state index contributed by atoms with van der Waals surface area (Å²) in [7, 11) is 1.74. The van der Waals surface area contributed by atoms with Gasteiger partial charge in [-0.15, -0.1) is 0 Å². The van der Waals surface area contributed by atoms with E-state index < -0.39 is 0 Å². The van der Waals surface area contributed by atoms with E-state index in [2.05, 4.69) is 30.3 Å². The topological polar surface area (TPSA) is 80.3 Å². The summed E-state index contributed by atoms with van der Waals surface area (Å²) in [5.41, 5.74) is 0.836. The quantitative estimate of drug-likeness (QED) is 0.492. The molecule has 0 saturated heterocycles. The van der Waals surface area contributed by atoms with Crippen LogP contribution in [-0.2, 0) is 13.0 Å². The van der Waals surface area contributed by atoms with Crippen molar-refractivity contribution in [1.29, 1.82) is 0 Å². The Balaban J connectivity index is 1.43. The Morgan fingerprint density at radius 3 is 2.77 bits per heavy atom. The van der Waals surface area contributed by atoms with Gasteiger partial charge >= 0.3 is 0 Å². The average molecular weight is 373 g/mol. The largest absolute Gasteiger partial charge is 0.356 e. The van der Waals surface area contributed by atoms with Crippen LogP contribution in [0, 0.1) is 0 Å². The van der Waals surface area contributed by atoms with Crippen molar-refractivity contribution in [3.05, 3.63) is 59.7 Å². The molecule has 3 rings (SSSR count). The van der Waals surface area contributed by atoms with Crippen LogP contribution in [0.5, 0.6) is 0 Å². The van der Waals surface area contributed by atoms with Crippen molar-refractivity contribution >= 4 is 17.6 Å². The number of aromatic nitrogens is 3. The van der Waals surface area contributed by atoms with Gasteiger partial charge in [0.15, 0.2) is 5.96 Å². The van der Waals surface area contributed by atoms with E-state index in [4.69, 9.17) is 16.1 Å². The standard InChI is InChI=1S/C18H21ClN6O/c1-20-18(22-9-12-25-10-2-3-11-25)21-8-7-16-23-17(24-26-16)14-5-4-6-15(19)13-14/h2-6,10-11,13H,7-9,12H2,1H3,(H2,20,21,22). The Morgan fingerprint density at radius 1 is 1.19 bits per heavy atom. The summed E-state index contributed by atoms with van der Waals surface area (Å²) >= 11 is 5.99. The van der Waals surface area contributed by atoms with Crippen molar-refractivity contribution in [2.75, 3.05) is 20.1 Å². The molecule has 1 aromatic carbocycles. The van der Waals surface area contributed by atoms with Gasteiger partial charge in [-0.25, -0.2) is 0 Å². The van der Waals surface area contributed by atoms with Crippen LogP contribution >= 0.6 is 11.6 Å². The van der Waals surface area contributed by atoms with E-state index in [1.807, 2.05) is 48.8 Å². The summed E-state index contributed by atoms with van der Waals surface area (Å²) < 4.78 is 7.40. The number of hydrogen-bond acceptors (Lipinski definition) is 4. The summed E-state index contributed by atoms with van der Waals surface area (Å²) in [5, 5.41) is 11.2. The monoisotopic (exact) mass is 372 g/mol. The highest BCUT2D eigenvalue weighted by molar-refractivity contribution is 6.30. The molecule has 0 bridgehead atoms. The van der Waals surface area contributed by atoms with Crippen LogP contribution in [0.4, 0.5) is 0 Å². The van der Waals surface area contributed by atoms with Gasteiger partial charge in [-0.05, 0) is 24.3 Å². The maximum Gasteiger partial charge on any atom is 0.228 e. The van der Waals surface area contributed by atoms with Crippen LogP contribution in [0.25, 0.3) is 11.4 Å². The summed E-state index contributed by atoms with van der Waals surface area (Å²) in [4.78, 5) is 8.60. The zero-order valence-corrected chi connectivity index (χ0v) is 15.3. The number of aliphatic imine (C=N–C) groups is 1. The fraction of sp³-hybridized carbons (Fsp3) is 0.278. The Hall–Kier alpha value is -2.80. The lowest BCUT2D eigenvalue weighted by atomic mass is 10.2. The van der Waals surface area contributed by atoms with Crippen LogP contribution in [0.15, 0.2) is 58.3 Å². The maximum absolute atomic E-state index is 5.99. The van der Waals surface area contributed by atoms with Gasteiger partial charge in [-0.2, -0.15) is 4.98 Å². The Labute approximate surface area is 157 Å². The van der Waals surface area contributed by atoms with Crippen LogP contribution in [0.2, 0.25) is 5.02 Å². The third-order valence-corrected chi connectivity index (χ3v) is 3.97. The van der Waals surface area contributed by atoms with Gasteiger partial charge in [-0.3, -0.25) is 4.99 Å². The molecule has 0 aliphatic rings. The lowest BCUT2D eigenvalue weighted by molar-refractivity contribution is 0.378. The molecule has 2 aromatic heterocycles. The predicted molar refractivity (Wildman–Crippen MR) is 102 cm³/mol. The minimum absolute atomic E-state index is 0.539. The number of nitrogens with zero attached hydrogens (tertiary/aromatic N) is 4. The average Bonchev–Trinajstić information content (AvgIpc) is 3.32. The van der Waals surface area contributed by atoms with Gasteiger partial charge in [0.1, 0.15) is 0 Å². The third kappa shape index (κ3) is 5.10. The van der Waals surface area contributed by atoms with Crippen molar-refractivity contribution in [2.24, 2.45) is 4.99 Å². The SMILES string of the molecule is CN=C(NCCc1nc(-c2cccc(Cl)c2)no1)NCCn1cccc1. The lowest BCUT2D eigenvalue weighted by Crippen LogP contribution is -2.39. The number of guanidine groups is 1. The third-order valence-electron chi connectivity index (χ3n) is 3.73. The van der Waals surface area contributed by atoms with Crippen LogP contribution in [0.3, 0.4) is 0 Å². The zero-order valence-electron chi connectivity index (χ0n) is 14.5. The van der Waals surface area contributed by atoms with Crippen molar-refractivity contribution in [1.82, 2.24) is 25.3 Å². The second kappa shape index (κ2) is 9.05. The highest BCUT2D eigenvalue weighted by Gasteiger charge is 2.09. The highest BCUT2D eigenvalue weighted by Crippen LogP contribution is 2.19. The number of benzene rings is 1. The molecule has 26 heavy (non-hydrogen) atoms. The first-order valence-corrected chi connectivity index (χ1v) is 8.76. The van der Waals surface area contributed by atoms with Gasteiger partial charge in [-0.1, -0.05) is 28.9 Å². The van der Waals surface area contributed by atoms with Crippen LogP contribution in [-0.4, -0.2) is 40.8 Å². The van der Waals surface area contributed by atoms with E-state index in [0.717, 1.165) is 24.6 Å². The molecule has 136 valence electrons. The summed E-state index contributed by atoms with van der Waals surface area (Å²) in [6.45, 7) is 2.30. The zero-order chi connectivity index (χ0) is 18.2. The molecule has 0 spiro atoms. The van der Waals surface area contributed by atoms with Gasteiger partial charge in [0.2, 0.25) is 11.7 Å². The molecule has 3 aromatic rings. The van der Waals surface area contributed by atoms with Crippen LogP contribution in [0.1, 0.15) is 5.89 Å². The number of halogens is 1. The van der Waals surface area contributed by atoms with Gasteiger partial charge < -0.3 is 19.7 Å². The molecular weight excluding hydrogens is 352 g/mol. The van der Waals surface area contributed by atoms with E-state index in [-0.39, 0.29) is 0 Å². The molecule has 7 nitrogen and oxygen atoms in total. The lowest BCUT2D eigenvalue weighted by Gasteiger charge is -2.11. The summed E-state index contributed by atoms with van der Waals surface area (Å²) in [5.74, 6) is 1.85. The van der Waals surface area contributed by atoms with E-state index in [9.17, 15) is 0 Å². The second-order valence-corrected chi connectivity index (χ2v) is 6.06. The Morgan fingerprint density at radius 2 is 2.00 bits per heavy atom. The minimum atomic E-state index is 0.539. The fourth-order valence-corrected chi connectivity index (χ4v) is 2.62. The molecular formula is C18H21ClN6O. The van der Waals surface area contributed by atoms with E-state index >= 15 is 0 Å². The fourth-order valence-electron chi connectivity index (χ4n) is 2.43. The molecule has 0 aliphatic heterocycles. The van der Waals surface area contributed by atoms with E-state index in [1.165, 1.54) is 0 Å². The van der Waals surface area contributed by atoms with Gasteiger partial charge in [0.05, 0.1) is 0 Å². The first kappa shape index (κ1) is 18.0. The minimum Gasteiger partial charge on any atom is -0.356 e. The first-order valence-electron chi connectivity index (χ1n) is 8.38. The molecule has 0 saturated carbocycles. The molecule has 2 heterocycles. The van der Waals surface area contributed by atoms with Crippen molar-refractivity contribution in [3.8, 4) is 11.4 Å². The predicted octanol–water partition coefficient (Wildman–Crippen LogP) is 2.60. The van der Waals surface area contributed by atoms with E-state index in [0.29, 0.717) is 29.7 Å². The number of hydrogen-bond donors (Lipinski definition) is 2. The first-order chi connectivity index (χ1) is 12.7. The Kier molecular flexibility index (Phi) is 6.27. The van der Waals surface area contributed by atoms with Crippen LogP contribution < -0.4 is 10.6 Å². The summed E-state index contributed by atoms with van der Waals surface area (Å²) in [6.07, 6.45) is 4.67. The second-order valence-electron chi connectivity index (χ2n) is 5.62. The molecule has 0 radical (unpaired) electrons. The maximum atomic E-state index is 5.99. The smallest absolute Gasteiger partial charge is 0.228 e.